The summed E-state index contributed by atoms with van der Waals surface area (Å²) in [5.41, 5.74) is 8.12. The van der Waals surface area contributed by atoms with Gasteiger partial charge in [0.25, 0.3) is 5.91 Å². The quantitative estimate of drug-likeness (QED) is 0.372. The highest BCUT2D eigenvalue weighted by atomic mass is 19.1. The third kappa shape index (κ3) is 5.34. The van der Waals surface area contributed by atoms with E-state index in [0.717, 1.165) is 6.20 Å². The number of ether oxygens (including phenoxy) is 1. The summed E-state index contributed by atoms with van der Waals surface area (Å²) in [5, 5.41) is 11.3. The average molecular weight is 338 g/mol. The Morgan fingerprint density at radius 3 is 2.79 bits per heavy atom. The van der Waals surface area contributed by atoms with Crippen LogP contribution in [0.2, 0.25) is 0 Å². The molecule has 0 aromatic carbocycles. The number of pyridine rings is 1. The van der Waals surface area contributed by atoms with Crippen molar-refractivity contribution in [1.29, 1.82) is 0 Å². The number of halogens is 1. The number of aromatic nitrogens is 1. The fourth-order valence-corrected chi connectivity index (χ4v) is 1.89. The monoisotopic (exact) mass is 338 g/mol. The van der Waals surface area contributed by atoms with Gasteiger partial charge in [0, 0.05) is 25.3 Å². The molecule has 0 aliphatic heterocycles. The molecular weight excluding hydrogens is 323 g/mol. The molecule has 0 aliphatic rings. The molecular formula is C14H15FN4O5. The highest BCUT2D eigenvalue weighted by molar-refractivity contribution is 6.25. The topological polar surface area (TPSA) is 142 Å². The van der Waals surface area contributed by atoms with Crippen molar-refractivity contribution in [1.82, 2.24) is 10.3 Å². The number of hydrogen-bond donors (Lipinski definition) is 2. The SMILES string of the molecule is COC(C(=O)NC(CCC(=O)C=[N+]=[N-])C(=O)O)c1ccncc1F. The number of Topliss-reactive ketones (excluding diaryl/α,β-unsaturated/α-hetero) is 1. The summed E-state index contributed by atoms with van der Waals surface area (Å²) in [7, 11) is 1.17. The van der Waals surface area contributed by atoms with Crippen molar-refractivity contribution >= 4 is 23.9 Å². The van der Waals surface area contributed by atoms with Crippen LogP contribution < -0.4 is 5.32 Å². The highest BCUT2D eigenvalue weighted by Crippen LogP contribution is 2.19. The zero-order chi connectivity index (χ0) is 18.1. The number of methoxy groups -OCH3 is 1. The number of nitrogens with one attached hydrogen (secondary N) is 1. The van der Waals surface area contributed by atoms with Gasteiger partial charge in [-0.25, -0.2) is 9.18 Å². The van der Waals surface area contributed by atoms with Crippen LogP contribution in [0.15, 0.2) is 18.5 Å². The van der Waals surface area contributed by atoms with E-state index in [1.165, 1.54) is 19.4 Å². The normalized spacial score (nSPS) is 12.6. The molecule has 1 aromatic heterocycles. The van der Waals surface area contributed by atoms with Crippen LogP contribution in [0.1, 0.15) is 24.5 Å². The molecule has 1 rings (SSSR count). The standard InChI is InChI=1S/C14H15FN4O5/c1-24-12(9-4-5-17-7-10(9)15)13(21)19-11(14(22)23)3-2-8(20)6-18-16/h4-7,11-12H,2-3H2,1H3,(H,19,21)(H,22,23). The van der Waals surface area contributed by atoms with Crippen molar-refractivity contribution in [3.05, 3.63) is 35.4 Å². The first-order chi connectivity index (χ1) is 11.4. The van der Waals surface area contributed by atoms with E-state index in [-0.39, 0.29) is 18.4 Å². The minimum atomic E-state index is -1.39. The first-order valence-electron chi connectivity index (χ1n) is 6.76. The van der Waals surface area contributed by atoms with Crippen LogP contribution in [0, 0.1) is 5.82 Å². The van der Waals surface area contributed by atoms with Gasteiger partial charge in [-0.2, -0.15) is 4.79 Å². The molecule has 0 fully saturated rings. The number of carboxylic acid groups (broad SMARTS) is 1. The lowest BCUT2D eigenvalue weighted by Crippen LogP contribution is -2.43. The molecule has 0 saturated heterocycles. The molecule has 1 heterocycles. The maximum atomic E-state index is 13.7. The van der Waals surface area contributed by atoms with Crippen molar-refractivity contribution in [2.24, 2.45) is 0 Å². The van der Waals surface area contributed by atoms with Crippen LogP contribution in [-0.4, -0.2) is 51.9 Å². The Hall–Kier alpha value is -2.97. The Bertz CT molecular complexity index is 675. The number of nitrogens with zero attached hydrogens (tertiary/aromatic N) is 3. The van der Waals surface area contributed by atoms with Gasteiger partial charge >= 0.3 is 12.2 Å². The van der Waals surface area contributed by atoms with Gasteiger partial charge in [-0.3, -0.25) is 14.6 Å². The lowest BCUT2D eigenvalue weighted by atomic mass is 10.1. The van der Waals surface area contributed by atoms with Crippen LogP contribution in [0.3, 0.4) is 0 Å². The lowest BCUT2D eigenvalue weighted by Gasteiger charge is -2.19. The second-order valence-corrected chi connectivity index (χ2v) is 4.66. The summed E-state index contributed by atoms with van der Waals surface area (Å²) >= 11 is 0. The summed E-state index contributed by atoms with van der Waals surface area (Å²) in [6.07, 6.45) is 0.925. The van der Waals surface area contributed by atoms with Gasteiger partial charge in [0.15, 0.2) is 6.10 Å². The van der Waals surface area contributed by atoms with E-state index >= 15 is 0 Å². The first-order valence-corrected chi connectivity index (χ1v) is 6.76. The fraction of sp³-hybridized carbons (Fsp3) is 0.357. The van der Waals surface area contributed by atoms with E-state index < -0.39 is 35.6 Å². The van der Waals surface area contributed by atoms with E-state index in [1.54, 1.807) is 0 Å². The van der Waals surface area contributed by atoms with Crippen molar-refractivity contribution in [2.75, 3.05) is 7.11 Å². The van der Waals surface area contributed by atoms with Crippen LogP contribution in [0.5, 0.6) is 0 Å². The molecule has 9 nitrogen and oxygen atoms in total. The summed E-state index contributed by atoms with van der Waals surface area (Å²) in [5.74, 6) is -3.64. The van der Waals surface area contributed by atoms with E-state index in [0.29, 0.717) is 6.21 Å². The van der Waals surface area contributed by atoms with Crippen LogP contribution in [-0.2, 0) is 19.1 Å². The molecule has 1 amide bonds. The number of carboxylic acids is 1. The van der Waals surface area contributed by atoms with E-state index in [2.05, 4.69) is 15.1 Å². The van der Waals surface area contributed by atoms with Gasteiger partial charge in [0.05, 0.1) is 6.20 Å². The average Bonchev–Trinajstić information content (AvgIpc) is 2.53. The Labute approximate surface area is 136 Å². The summed E-state index contributed by atoms with van der Waals surface area (Å²) < 4.78 is 18.6. The van der Waals surface area contributed by atoms with E-state index in [4.69, 9.17) is 15.4 Å². The third-order valence-electron chi connectivity index (χ3n) is 3.06. The Morgan fingerprint density at radius 1 is 1.54 bits per heavy atom. The van der Waals surface area contributed by atoms with Crippen LogP contribution >= 0.6 is 0 Å². The summed E-state index contributed by atoms with van der Waals surface area (Å²) in [6.45, 7) is 0. The molecule has 24 heavy (non-hydrogen) atoms. The molecule has 10 heteroatoms. The highest BCUT2D eigenvalue weighted by Gasteiger charge is 2.28. The van der Waals surface area contributed by atoms with Crippen molar-refractivity contribution < 1.29 is 33.4 Å². The number of amides is 1. The molecule has 2 unspecified atom stereocenters. The molecule has 0 radical (unpaired) electrons. The number of carbonyl (C=O) groups is 3. The predicted octanol–water partition coefficient (Wildman–Crippen LogP) is 0.128. The Morgan fingerprint density at radius 2 is 2.25 bits per heavy atom. The lowest BCUT2D eigenvalue weighted by molar-refractivity contribution is -0.144. The predicted molar refractivity (Wildman–Crippen MR) is 77.4 cm³/mol. The Kier molecular flexibility index (Phi) is 7.34. The van der Waals surface area contributed by atoms with Gasteiger partial charge in [-0.15, -0.1) is 0 Å². The fourth-order valence-electron chi connectivity index (χ4n) is 1.89. The molecule has 0 saturated carbocycles. The molecule has 128 valence electrons. The van der Waals surface area contributed by atoms with Gasteiger partial charge in [-0.05, 0) is 12.5 Å². The molecule has 0 aliphatic carbocycles. The zero-order valence-electron chi connectivity index (χ0n) is 12.7. The number of ketones is 1. The number of aliphatic carboxylic acids is 1. The zero-order valence-corrected chi connectivity index (χ0v) is 12.7. The van der Waals surface area contributed by atoms with Crippen LogP contribution in [0.25, 0.3) is 5.53 Å². The maximum absolute atomic E-state index is 13.7. The molecule has 1 aromatic rings. The smallest absolute Gasteiger partial charge is 0.326 e. The van der Waals surface area contributed by atoms with Crippen molar-refractivity contribution in [3.63, 3.8) is 0 Å². The molecule has 2 atom stereocenters. The molecule has 2 N–H and O–H groups in total. The number of carbonyl (C=O) groups excluding carboxylic acids is 2. The Balaban J connectivity index is 2.83. The largest absolute Gasteiger partial charge is 0.480 e. The first kappa shape index (κ1) is 19.1. The van der Waals surface area contributed by atoms with Gasteiger partial charge < -0.3 is 20.7 Å². The number of hydrogen-bond acceptors (Lipinski definition) is 5. The van der Waals surface area contributed by atoms with Crippen molar-refractivity contribution in [2.45, 2.75) is 25.0 Å². The van der Waals surface area contributed by atoms with Gasteiger partial charge in [-0.1, -0.05) is 0 Å². The number of rotatable bonds is 9. The third-order valence-corrected chi connectivity index (χ3v) is 3.06. The minimum absolute atomic E-state index is 0.0994. The van der Waals surface area contributed by atoms with Crippen molar-refractivity contribution in [3.8, 4) is 0 Å². The van der Waals surface area contributed by atoms with Crippen LogP contribution in [0.4, 0.5) is 4.39 Å². The second kappa shape index (κ2) is 9.23. The maximum Gasteiger partial charge on any atom is 0.326 e. The van der Waals surface area contributed by atoms with Gasteiger partial charge in [0.1, 0.15) is 11.9 Å². The molecule has 0 bridgehead atoms. The second-order valence-electron chi connectivity index (χ2n) is 4.66. The van der Waals surface area contributed by atoms with E-state index in [1.807, 2.05) is 0 Å². The minimum Gasteiger partial charge on any atom is -0.480 e. The summed E-state index contributed by atoms with van der Waals surface area (Å²) in [6, 6.07) is -0.156. The summed E-state index contributed by atoms with van der Waals surface area (Å²) in [4.78, 5) is 40.7. The molecule has 0 spiro atoms. The van der Waals surface area contributed by atoms with E-state index in [9.17, 15) is 18.8 Å². The van der Waals surface area contributed by atoms with Gasteiger partial charge in [0.2, 0.25) is 5.78 Å².